The fourth-order valence-electron chi connectivity index (χ4n) is 2.66. The van der Waals surface area contributed by atoms with Gasteiger partial charge in [-0.25, -0.2) is 0 Å². The number of hydrogen-bond donors (Lipinski definition) is 1. The lowest BCUT2D eigenvalue weighted by Gasteiger charge is -2.29. The van der Waals surface area contributed by atoms with Gasteiger partial charge in [0.1, 0.15) is 0 Å². The van der Waals surface area contributed by atoms with Crippen LogP contribution in [0.25, 0.3) is 0 Å². The number of amides is 1. The molecule has 0 radical (unpaired) electrons. The summed E-state index contributed by atoms with van der Waals surface area (Å²) in [6, 6.07) is 8.06. The van der Waals surface area contributed by atoms with Gasteiger partial charge < -0.3 is 15.4 Å². The van der Waals surface area contributed by atoms with Gasteiger partial charge in [0.05, 0.1) is 12.5 Å². The summed E-state index contributed by atoms with van der Waals surface area (Å²) in [5.41, 5.74) is 8.01. The molecule has 1 unspecified atom stereocenters. The molecule has 2 N–H and O–H groups in total. The zero-order valence-corrected chi connectivity index (χ0v) is 12.2. The van der Waals surface area contributed by atoms with Crippen LogP contribution >= 0.6 is 0 Å². The molecule has 20 heavy (non-hydrogen) atoms. The third-order valence-corrected chi connectivity index (χ3v) is 3.90. The molecule has 4 nitrogen and oxygen atoms in total. The van der Waals surface area contributed by atoms with Crippen LogP contribution in [0.5, 0.6) is 0 Å². The number of nitrogens with zero attached hydrogens (tertiary/aromatic N) is 1. The molecule has 0 saturated carbocycles. The monoisotopic (exact) mass is 276 g/mol. The minimum atomic E-state index is 0.0220. The highest BCUT2D eigenvalue weighted by molar-refractivity contribution is 5.79. The number of carbonyl (C=O) groups is 1. The van der Waals surface area contributed by atoms with Crippen molar-refractivity contribution in [3.05, 3.63) is 35.4 Å². The topological polar surface area (TPSA) is 55.6 Å². The highest BCUT2D eigenvalue weighted by Crippen LogP contribution is 2.19. The van der Waals surface area contributed by atoms with Crippen LogP contribution in [0.2, 0.25) is 0 Å². The van der Waals surface area contributed by atoms with Gasteiger partial charge in [-0.05, 0) is 30.9 Å². The van der Waals surface area contributed by atoms with Gasteiger partial charge >= 0.3 is 0 Å². The van der Waals surface area contributed by atoms with Gasteiger partial charge in [-0.2, -0.15) is 0 Å². The molecule has 1 amide bonds. The van der Waals surface area contributed by atoms with Crippen LogP contribution in [-0.2, 0) is 22.6 Å². The predicted octanol–water partition coefficient (Wildman–Crippen LogP) is 1.92. The Morgan fingerprint density at radius 1 is 1.40 bits per heavy atom. The number of nitrogens with two attached hydrogens (primary N) is 1. The third-order valence-electron chi connectivity index (χ3n) is 3.90. The minimum Gasteiger partial charge on any atom is -0.381 e. The van der Waals surface area contributed by atoms with E-state index in [0.29, 0.717) is 26.2 Å². The lowest BCUT2D eigenvalue weighted by Crippen LogP contribution is -2.39. The highest BCUT2D eigenvalue weighted by Gasteiger charge is 2.26. The number of rotatable bonds is 5. The molecule has 4 heteroatoms. The fraction of sp³-hybridized carbons (Fsp3) is 0.562. The summed E-state index contributed by atoms with van der Waals surface area (Å²) in [6.07, 6.45) is 1.92. The van der Waals surface area contributed by atoms with Gasteiger partial charge in [-0.1, -0.05) is 24.3 Å². The molecule has 1 saturated heterocycles. The summed E-state index contributed by atoms with van der Waals surface area (Å²) in [4.78, 5) is 14.5. The number of benzene rings is 1. The summed E-state index contributed by atoms with van der Waals surface area (Å²) in [5, 5.41) is 0. The van der Waals surface area contributed by atoms with E-state index >= 15 is 0 Å². The highest BCUT2D eigenvalue weighted by atomic mass is 16.5. The van der Waals surface area contributed by atoms with E-state index < -0.39 is 0 Å². The average molecular weight is 276 g/mol. The second-order valence-electron chi connectivity index (χ2n) is 5.24. The molecule has 1 aromatic rings. The molecule has 1 heterocycles. The smallest absolute Gasteiger partial charge is 0.228 e. The lowest BCUT2D eigenvalue weighted by molar-refractivity contribution is -0.140. The summed E-state index contributed by atoms with van der Waals surface area (Å²) in [5.74, 6) is 0.229. The quantitative estimate of drug-likeness (QED) is 0.894. The van der Waals surface area contributed by atoms with Gasteiger partial charge in [0, 0.05) is 26.2 Å². The van der Waals surface area contributed by atoms with Crippen LogP contribution < -0.4 is 5.73 Å². The Hall–Kier alpha value is -1.39. The Labute approximate surface area is 120 Å². The summed E-state index contributed by atoms with van der Waals surface area (Å²) in [7, 11) is 0. The van der Waals surface area contributed by atoms with E-state index in [9.17, 15) is 4.79 Å². The predicted molar refractivity (Wildman–Crippen MR) is 79.0 cm³/mol. The normalized spacial score (nSPS) is 18.8. The molecule has 1 aliphatic heterocycles. The van der Waals surface area contributed by atoms with Crippen molar-refractivity contribution in [3.63, 3.8) is 0 Å². The molecule has 1 atom stereocenters. The van der Waals surface area contributed by atoms with E-state index in [1.165, 1.54) is 0 Å². The van der Waals surface area contributed by atoms with Crippen molar-refractivity contribution in [2.24, 2.45) is 11.7 Å². The van der Waals surface area contributed by atoms with Gasteiger partial charge in [0.15, 0.2) is 0 Å². The van der Waals surface area contributed by atoms with Crippen LogP contribution in [0.3, 0.4) is 0 Å². The molecule has 1 aromatic carbocycles. The van der Waals surface area contributed by atoms with Gasteiger partial charge in [-0.15, -0.1) is 0 Å². The van der Waals surface area contributed by atoms with Crippen LogP contribution in [0.4, 0.5) is 0 Å². The molecule has 110 valence electrons. The zero-order valence-electron chi connectivity index (χ0n) is 12.2. The number of hydrogen-bond acceptors (Lipinski definition) is 3. The van der Waals surface area contributed by atoms with Crippen molar-refractivity contribution in [2.75, 3.05) is 19.8 Å². The first-order valence-corrected chi connectivity index (χ1v) is 7.39. The molecule has 0 aromatic heterocycles. The first-order valence-electron chi connectivity index (χ1n) is 7.39. The van der Waals surface area contributed by atoms with Crippen molar-refractivity contribution in [1.29, 1.82) is 0 Å². The van der Waals surface area contributed by atoms with Gasteiger partial charge in [0.2, 0.25) is 5.91 Å². The van der Waals surface area contributed by atoms with Crippen molar-refractivity contribution >= 4 is 5.91 Å². The Morgan fingerprint density at radius 2 is 2.15 bits per heavy atom. The van der Waals surface area contributed by atoms with Crippen molar-refractivity contribution < 1.29 is 9.53 Å². The summed E-state index contributed by atoms with van der Waals surface area (Å²) in [6.45, 7) is 5.23. The van der Waals surface area contributed by atoms with Gasteiger partial charge in [0.25, 0.3) is 0 Å². The van der Waals surface area contributed by atoms with Crippen molar-refractivity contribution in [3.8, 4) is 0 Å². The number of ether oxygens (including phenoxy) is 1. The van der Waals surface area contributed by atoms with Gasteiger partial charge in [-0.3, -0.25) is 4.79 Å². The maximum Gasteiger partial charge on any atom is 0.228 e. The second-order valence-corrected chi connectivity index (χ2v) is 5.24. The van der Waals surface area contributed by atoms with E-state index in [1.54, 1.807) is 0 Å². The molecule has 1 aliphatic rings. The first kappa shape index (κ1) is 15.0. The van der Waals surface area contributed by atoms with Crippen molar-refractivity contribution in [1.82, 2.24) is 4.90 Å². The standard InChI is InChI=1S/C16H24N2O2/c1-2-18(16(19)15-8-5-9-20-12-15)11-14-7-4-3-6-13(14)10-17/h3-4,6-7,15H,2,5,8-12,17H2,1H3. The maximum atomic E-state index is 12.5. The van der Waals surface area contributed by atoms with Crippen LogP contribution in [-0.4, -0.2) is 30.6 Å². The Morgan fingerprint density at radius 3 is 2.75 bits per heavy atom. The van der Waals surface area contributed by atoms with E-state index in [0.717, 1.165) is 30.6 Å². The summed E-state index contributed by atoms with van der Waals surface area (Å²) < 4.78 is 5.43. The molecular formula is C16H24N2O2. The average Bonchev–Trinajstić information content (AvgIpc) is 2.53. The van der Waals surface area contributed by atoms with Crippen LogP contribution in [0.1, 0.15) is 30.9 Å². The lowest BCUT2D eigenvalue weighted by atomic mass is 10.00. The second kappa shape index (κ2) is 7.41. The van der Waals surface area contributed by atoms with E-state index in [4.69, 9.17) is 10.5 Å². The Kier molecular flexibility index (Phi) is 5.56. The zero-order chi connectivity index (χ0) is 14.4. The minimum absolute atomic E-state index is 0.0220. The molecule has 1 fully saturated rings. The van der Waals surface area contributed by atoms with Crippen LogP contribution in [0.15, 0.2) is 24.3 Å². The third kappa shape index (κ3) is 3.58. The SMILES string of the molecule is CCN(Cc1ccccc1CN)C(=O)C1CCCOC1. The Bertz CT molecular complexity index is 442. The maximum absolute atomic E-state index is 12.5. The van der Waals surface area contributed by atoms with Crippen LogP contribution in [0, 0.1) is 5.92 Å². The largest absolute Gasteiger partial charge is 0.381 e. The van der Waals surface area contributed by atoms with E-state index in [1.807, 2.05) is 30.0 Å². The molecule has 0 bridgehead atoms. The Balaban J connectivity index is 2.06. The van der Waals surface area contributed by atoms with Crippen molar-refractivity contribution in [2.45, 2.75) is 32.9 Å². The molecule has 2 rings (SSSR count). The van der Waals surface area contributed by atoms with E-state index in [-0.39, 0.29) is 11.8 Å². The first-order chi connectivity index (χ1) is 9.76. The van der Waals surface area contributed by atoms with E-state index in [2.05, 4.69) is 6.07 Å². The molecule has 0 aliphatic carbocycles. The molecular weight excluding hydrogens is 252 g/mol. The molecule has 0 spiro atoms. The fourth-order valence-corrected chi connectivity index (χ4v) is 2.66. The summed E-state index contributed by atoms with van der Waals surface area (Å²) >= 11 is 0. The number of carbonyl (C=O) groups excluding carboxylic acids is 1.